The van der Waals surface area contributed by atoms with Crippen molar-refractivity contribution in [3.63, 3.8) is 0 Å². The minimum absolute atomic E-state index is 0.174. The first-order chi connectivity index (χ1) is 12.5. The van der Waals surface area contributed by atoms with Crippen molar-refractivity contribution in [1.29, 1.82) is 0 Å². The van der Waals surface area contributed by atoms with E-state index in [-0.39, 0.29) is 24.1 Å². The number of hydrogen-bond donors (Lipinski definition) is 0. The lowest BCUT2D eigenvalue weighted by Gasteiger charge is -2.13. The summed E-state index contributed by atoms with van der Waals surface area (Å²) < 4.78 is 69.2. The van der Waals surface area contributed by atoms with Gasteiger partial charge in [0.2, 0.25) is 5.88 Å². The predicted octanol–water partition coefficient (Wildman–Crippen LogP) is 3.68. The maximum Gasteiger partial charge on any atom is 0.534 e. The molecule has 0 saturated carbocycles. The highest BCUT2D eigenvalue weighted by Crippen LogP contribution is 2.30. The molecule has 0 fully saturated rings. The molecule has 0 aliphatic heterocycles. The Morgan fingerprint density at radius 1 is 1.30 bits per heavy atom. The van der Waals surface area contributed by atoms with E-state index in [9.17, 15) is 26.4 Å². The highest BCUT2D eigenvalue weighted by molar-refractivity contribution is 7.87. The van der Waals surface area contributed by atoms with Gasteiger partial charge in [-0.15, -0.1) is 6.58 Å². The topological polar surface area (TPSA) is 82.6 Å². The smallest absolute Gasteiger partial charge is 0.462 e. The van der Waals surface area contributed by atoms with Crippen molar-refractivity contribution in [1.82, 2.24) is 4.98 Å². The van der Waals surface area contributed by atoms with Crippen LogP contribution in [0.4, 0.5) is 13.2 Å². The number of hydrogen-bond acceptors (Lipinski definition) is 6. The first kappa shape index (κ1) is 20.7. The van der Waals surface area contributed by atoms with Crippen molar-refractivity contribution in [2.45, 2.75) is 25.8 Å². The third-order valence-electron chi connectivity index (χ3n) is 3.53. The number of ether oxygens (including phenoxy) is 1. The fraction of sp³-hybridized carbons (Fsp3) is 0.294. The van der Waals surface area contributed by atoms with Crippen LogP contribution in [0.5, 0.6) is 5.88 Å². The summed E-state index contributed by atoms with van der Waals surface area (Å²) >= 11 is 0. The molecule has 6 nitrogen and oxygen atoms in total. The van der Waals surface area contributed by atoms with Crippen molar-refractivity contribution in [2.75, 3.05) is 6.61 Å². The molecule has 1 aromatic carbocycles. The van der Waals surface area contributed by atoms with Crippen LogP contribution in [0.15, 0.2) is 30.9 Å². The second kappa shape index (κ2) is 7.55. The molecule has 0 atom stereocenters. The number of allylic oxidation sites excluding steroid dienone is 1. The van der Waals surface area contributed by atoms with Crippen LogP contribution in [0.25, 0.3) is 10.9 Å². The van der Waals surface area contributed by atoms with Crippen LogP contribution in [0.2, 0.25) is 0 Å². The van der Waals surface area contributed by atoms with Crippen LogP contribution in [0.3, 0.4) is 0 Å². The quantitative estimate of drug-likeness (QED) is 0.317. The normalized spacial score (nSPS) is 12.0. The monoisotopic (exact) mass is 403 g/mol. The molecular formula is C17H16F3NO5S. The molecule has 0 saturated heterocycles. The summed E-state index contributed by atoms with van der Waals surface area (Å²) in [6.45, 7) is 6.95. The maximum absolute atomic E-state index is 12.5. The molecule has 146 valence electrons. The summed E-state index contributed by atoms with van der Waals surface area (Å²) in [5, 5.41) is 0.453. The molecule has 2 aromatic rings. The highest BCUT2D eigenvalue weighted by Gasteiger charge is 2.48. The zero-order valence-electron chi connectivity index (χ0n) is 14.5. The zero-order valence-corrected chi connectivity index (χ0v) is 15.3. The van der Waals surface area contributed by atoms with Gasteiger partial charge in [0, 0.05) is 11.5 Å². The Morgan fingerprint density at radius 3 is 2.52 bits per heavy atom. The minimum Gasteiger partial charge on any atom is -0.462 e. The molecule has 10 heteroatoms. The minimum atomic E-state index is -5.85. The number of benzene rings is 1. The average Bonchev–Trinajstić information content (AvgIpc) is 2.54. The van der Waals surface area contributed by atoms with Crippen molar-refractivity contribution in [3.8, 4) is 5.88 Å². The number of pyridine rings is 1. The van der Waals surface area contributed by atoms with Crippen LogP contribution >= 0.6 is 0 Å². The Balaban J connectivity index is 2.64. The number of aromatic nitrogens is 1. The van der Waals surface area contributed by atoms with E-state index < -0.39 is 27.5 Å². The van der Waals surface area contributed by atoms with Crippen LogP contribution in [0.1, 0.15) is 28.4 Å². The lowest BCUT2D eigenvalue weighted by molar-refractivity contribution is -0.0501. The van der Waals surface area contributed by atoms with E-state index >= 15 is 0 Å². The Kier molecular flexibility index (Phi) is 5.79. The number of halogens is 3. The fourth-order valence-corrected chi connectivity index (χ4v) is 2.78. The number of nitrogens with zero attached hydrogens (tertiary/aromatic N) is 1. The van der Waals surface area contributed by atoms with Gasteiger partial charge in [0.05, 0.1) is 17.7 Å². The van der Waals surface area contributed by atoms with Gasteiger partial charge in [-0.2, -0.15) is 21.6 Å². The number of carbonyl (C=O) groups is 1. The third kappa shape index (κ3) is 4.38. The van der Waals surface area contributed by atoms with Crippen LogP contribution in [0, 0.1) is 6.92 Å². The third-order valence-corrected chi connectivity index (χ3v) is 4.49. The zero-order chi connectivity index (χ0) is 20.4. The number of rotatable bonds is 6. The molecule has 27 heavy (non-hydrogen) atoms. The molecule has 0 spiro atoms. The SMILES string of the molecule is C=CCc1cc(C(=O)OCC)cc2c(C)cc(OS(=O)(=O)C(F)(F)F)nc12. The molecule has 0 aliphatic carbocycles. The van der Waals surface area contributed by atoms with Gasteiger partial charge in [0.15, 0.2) is 0 Å². The van der Waals surface area contributed by atoms with E-state index in [0.29, 0.717) is 16.5 Å². The van der Waals surface area contributed by atoms with E-state index in [1.54, 1.807) is 6.92 Å². The molecule has 0 amide bonds. The predicted molar refractivity (Wildman–Crippen MR) is 91.9 cm³/mol. The summed E-state index contributed by atoms with van der Waals surface area (Å²) in [6.07, 6.45) is 1.76. The number of carbonyl (C=O) groups excluding carboxylic acids is 1. The number of esters is 1. The molecular weight excluding hydrogens is 387 g/mol. The van der Waals surface area contributed by atoms with E-state index in [0.717, 1.165) is 6.07 Å². The van der Waals surface area contributed by atoms with Gasteiger partial charge < -0.3 is 8.92 Å². The van der Waals surface area contributed by atoms with Gasteiger partial charge in [-0.25, -0.2) is 9.78 Å². The second-order valence-corrected chi connectivity index (χ2v) is 7.04. The van der Waals surface area contributed by atoms with Crippen LogP contribution < -0.4 is 4.18 Å². The van der Waals surface area contributed by atoms with E-state index in [1.165, 1.54) is 25.1 Å². The summed E-state index contributed by atoms with van der Waals surface area (Å²) in [5.41, 5.74) is -4.29. The summed E-state index contributed by atoms with van der Waals surface area (Å²) in [6, 6.07) is 4.00. The van der Waals surface area contributed by atoms with E-state index in [2.05, 4.69) is 15.7 Å². The molecule has 0 radical (unpaired) electrons. The lowest BCUT2D eigenvalue weighted by atomic mass is 10.00. The first-order valence-corrected chi connectivity index (χ1v) is 9.14. The molecule has 1 aromatic heterocycles. The Hall–Kier alpha value is -2.62. The number of aryl methyl sites for hydroxylation is 1. The number of alkyl halides is 3. The molecule has 1 heterocycles. The van der Waals surface area contributed by atoms with Crippen molar-refractivity contribution >= 4 is 27.0 Å². The van der Waals surface area contributed by atoms with Crippen LogP contribution in [-0.2, 0) is 21.3 Å². The highest BCUT2D eigenvalue weighted by atomic mass is 32.2. The van der Waals surface area contributed by atoms with Gasteiger partial charge >= 0.3 is 21.6 Å². The van der Waals surface area contributed by atoms with Crippen LogP contribution in [-0.4, -0.2) is 31.5 Å². The first-order valence-electron chi connectivity index (χ1n) is 7.73. The number of fused-ring (bicyclic) bond motifs is 1. The van der Waals surface area contributed by atoms with Gasteiger partial charge in [-0.3, -0.25) is 0 Å². The molecule has 0 N–H and O–H groups in total. The summed E-state index contributed by atoms with van der Waals surface area (Å²) in [7, 11) is -5.85. The Morgan fingerprint density at radius 2 is 1.96 bits per heavy atom. The molecule has 0 unspecified atom stereocenters. The van der Waals surface area contributed by atoms with Crippen molar-refractivity contribution < 1.29 is 35.3 Å². The summed E-state index contributed by atoms with van der Waals surface area (Å²) in [5.74, 6) is -1.28. The average molecular weight is 403 g/mol. The Labute approximate surface area is 153 Å². The lowest BCUT2D eigenvalue weighted by Crippen LogP contribution is -2.28. The Bertz CT molecular complexity index is 1000. The summed E-state index contributed by atoms with van der Waals surface area (Å²) in [4.78, 5) is 15.9. The van der Waals surface area contributed by atoms with Gasteiger partial charge in [-0.1, -0.05) is 6.08 Å². The van der Waals surface area contributed by atoms with Gasteiger partial charge in [-0.05, 0) is 43.5 Å². The molecule has 0 aliphatic rings. The fourth-order valence-electron chi connectivity index (χ4n) is 2.38. The molecule has 2 rings (SSSR count). The van der Waals surface area contributed by atoms with Gasteiger partial charge in [0.1, 0.15) is 0 Å². The van der Waals surface area contributed by atoms with Gasteiger partial charge in [0.25, 0.3) is 0 Å². The standard InChI is InChI=1S/C17H16F3NO5S/c1-4-6-11-8-12(16(22)25-5-2)9-13-10(3)7-14(21-15(11)13)26-27(23,24)17(18,19)20/h4,7-9H,1,5-6H2,2-3H3. The largest absolute Gasteiger partial charge is 0.534 e. The van der Waals surface area contributed by atoms with Crippen molar-refractivity contribution in [3.05, 3.63) is 47.5 Å². The van der Waals surface area contributed by atoms with Crippen molar-refractivity contribution in [2.24, 2.45) is 0 Å². The second-order valence-electron chi connectivity index (χ2n) is 5.51. The maximum atomic E-state index is 12.5. The van der Waals surface area contributed by atoms with E-state index in [1.807, 2.05) is 0 Å². The molecule has 0 bridgehead atoms. The van der Waals surface area contributed by atoms with E-state index in [4.69, 9.17) is 4.74 Å².